The second-order valence-electron chi connectivity index (χ2n) is 5.80. The van der Waals surface area contributed by atoms with E-state index in [9.17, 15) is 9.59 Å². The third-order valence-electron chi connectivity index (χ3n) is 4.05. The number of aromatic amines is 1. The molecule has 2 N–H and O–H groups in total. The van der Waals surface area contributed by atoms with E-state index in [-0.39, 0.29) is 23.1 Å². The molecule has 0 bridgehead atoms. The zero-order valence-electron chi connectivity index (χ0n) is 13.0. The number of amides is 1. The summed E-state index contributed by atoms with van der Waals surface area (Å²) in [6.07, 6.45) is 6.58. The first-order valence-electron chi connectivity index (χ1n) is 7.88. The number of hydrogen-bond acceptors (Lipinski definition) is 4. The molecule has 0 atom stereocenters. The molecular formula is C17H18ClN3O3. The first kappa shape index (κ1) is 16.5. The molecule has 1 saturated carbocycles. The highest BCUT2D eigenvalue weighted by molar-refractivity contribution is 6.30. The number of H-pyrrole nitrogens is 1. The zero-order valence-corrected chi connectivity index (χ0v) is 13.8. The van der Waals surface area contributed by atoms with E-state index >= 15 is 0 Å². The van der Waals surface area contributed by atoms with Gasteiger partial charge in [-0.15, -0.1) is 0 Å². The van der Waals surface area contributed by atoms with Crippen LogP contribution in [0.5, 0.6) is 5.88 Å². The fourth-order valence-electron chi connectivity index (χ4n) is 2.77. The first-order chi connectivity index (χ1) is 11.6. The maximum Gasteiger partial charge on any atom is 0.266 e. The number of aromatic nitrogens is 2. The van der Waals surface area contributed by atoms with Gasteiger partial charge in [0.25, 0.3) is 11.5 Å². The molecule has 0 aliphatic heterocycles. The molecule has 0 radical (unpaired) electrons. The van der Waals surface area contributed by atoms with E-state index in [4.69, 9.17) is 16.3 Å². The van der Waals surface area contributed by atoms with E-state index in [0.717, 1.165) is 25.7 Å². The van der Waals surface area contributed by atoms with Gasteiger partial charge in [0, 0.05) is 24.5 Å². The Bertz CT molecular complexity index is 755. The topological polar surface area (TPSA) is 84.1 Å². The van der Waals surface area contributed by atoms with Crippen LogP contribution in [0.25, 0.3) is 0 Å². The van der Waals surface area contributed by atoms with Gasteiger partial charge in [0.2, 0.25) is 5.88 Å². The normalized spacial score (nSPS) is 20.4. The number of nitrogens with one attached hydrogen (secondary N) is 2. The Morgan fingerprint density at radius 3 is 2.75 bits per heavy atom. The van der Waals surface area contributed by atoms with Gasteiger partial charge < -0.3 is 15.0 Å². The molecule has 0 saturated heterocycles. The van der Waals surface area contributed by atoms with E-state index < -0.39 is 5.56 Å². The molecule has 0 unspecified atom stereocenters. The van der Waals surface area contributed by atoms with E-state index in [0.29, 0.717) is 11.4 Å². The van der Waals surface area contributed by atoms with E-state index in [2.05, 4.69) is 15.3 Å². The minimum absolute atomic E-state index is 0.00937. The third kappa shape index (κ3) is 4.14. The standard InChI is InChI=1S/C17H18ClN3O3/c18-14-9-11(10-20-17(14)23)16(22)21-12-4-6-13(7-5-12)24-15-3-1-2-8-19-15/h1-3,8-10,12-13H,4-7H2,(H,20,23)(H,21,22). The van der Waals surface area contributed by atoms with Crippen LogP contribution in [0.3, 0.4) is 0 Å². The molecule has 6 nitrogen and oxygen atoms in total. The summed E-state index contributed by atoms with van der Waals surface area (Å²) in [4.78, 5) is 30.1. The zero-order chi connectivity index (χ0) is 16.9. The molecule has 2 heterocycles. The summed E-state index contributed by atoms with van der Waals surface area (Å²) in [7, 11) is 0. The maximum absolute atomic E-state index is 12.2. The van der Waals surface area contributed by atoms with Crippen molar-refractivity contribution in [2.24, 2.45) is 0 Å². The summed E-state index contributed by atoms with van der Waals surface area (Å²) in [6.45, 7) is 0. The number of carbonyl (C=O) groups excluding carboxylic acids is 1. The van der Waals surface area contributed by atoms with Gasteiger partial charge in [-0.2, -0.15) is 0 Å². The molecule has 1 aliphatic rings. The van der Waals surface area contributed by atoms with Crippen molar-refractivity contribution in [3.8, 4) is 5.88 Å². The summed E-state index contributed by atoms with van der Waals surface area (Å²) in [5.41, 5.74) is -0.0492. The largest absolute Gasteiger partial charge is 0.474 e. The lowest BCUT2D eigenvalue weighted by Gasteiger charge is -2.29. The molecule has 126 valence electrons. The first-order valence-corrected chi connectivity index (χ1v) is 8.26. The van der Waals surface area contributed by atoms with Crippen molar-refractivity contribution in [2.75, 3.05) is 0 Å². The highest BCUT2D eigenvalue weighted by Gasteiger charge is 2.24. The molecule has 1 amide bonds. The van der Waals surface area contributed by atoms with Gasteiger partial charge in [-0.3, -0.25) is 9.59 Å². The number of ether oxygens (including phenoxy) is 1. The van der Waals surface area contributed by atoms with Crippen molar-refractivity contribution >= 4 is 17.5 Å². The van der Waals surface area contributed by atoms with Crippen LogP contribution in [0.1, 0.15) is 36.0 Å². The van der Waals surface area contributed by atoms with Crippen molar-refractivity contribution in [1.82, 2.24) is 15.3 Å². The molecule has 1 aliphatic carbocycles. The van der Waals surface area contributed by atoms with E-state index in [1.807, 2.05) is 18.2 Å². The van der Waals surface area contributed by atoms with Gasteiger partial charge in [-0.1, -0.05) is 17.7 Å². The van der Waals surface area contributed by atoms with Crippen molar-refractivity contribution in [3.05, 3.63) is 57.6 Å². The predicted molar refractivity (Wildman–Crippen MR) is 90.4 cm³/mol. The number of pyridine rings is 2. The smallest absolute Gasteiger partial charge is 0.266 e. The minimum Gasteiger partial charge on any atom is -0.474 e. The van der Waals surface area contributed by atoms with Crippen molar-refractivity contribution in [3.63, 3.8) is 0 Å². The molecule has 2 aromatic rings. The van der Waals surface area contributed by atoms with Crippen LogP contribution in [0, 0.1) is 0 Å². The Kier molecular flexibility index (Phi) is 5.15. The Balaban J connectivity index is 1.50. The number of nitrogens with zero attached hydrogens (tertiary/aromatic N) is 1. The average molecular weight is 348 g/mol. The molecule has 7 heteroatoms. The third-order valence-corrected chi connectivity index (χ3v) is 4.34. The lowest BCUT2D eigenvalue weighted by molar-refractivity contribution is 0.0890. The fraction of sp³-hybridized carbons (Fsp3) is 0.353. The second kappa shape index (κ2) is 7.49. The molecule has 2 aromatic heterocycles. The maximum atomic E-state index is 12.2. The SMILES string of the molecule is O=C(NC1CCC(Oc2ccccn2)CC1)c1c[nH]c(=O)c(Cl)c1. The van der Waals surface area contributed by atoms with Crippen molar-refractivity contribution < 1.29 is 9.53 Å². The molecule has 0 aromatic carbocycles. The van der Waals surface area contributed by atoms with Gasteiger partial charge in [0.15, 0.2) is 0 Å². The predicted octanol–water partition coefficient (Wildman–Crippen LogP) is 2.54. The highest BCUT2D eigenvalue weighted by atomic mass is 35.5. The van der Waals surface area contributed by atoms with Crippen LogP contribution in [0.15, 0.2) is 41.5 Å². The van der Waals surface area contributed by atoms with Crippen molar-refractivity contribution in [1.29, 1.82) is 0 Å². The number of carbonyl (C=O) groups is 1. The molecule has 3 rings (SSSR count). The summed E-state index contributed by atoms with van der Waals surface area (Å²) in [5.74, 6) is 0.398. The van der Waals surface area contributed by atoms with Gasteiger partial charge in [0.1, 0.15) is 11.1 Å². The van der Waals surface area contributed by atoms with Gasteiger partial charge >= 0.3 is 0 Å². The summed E-state index contributed by atoms with van der Waals surface area (Å²) < 4.78 is 5.84. The number of hydrogen-bond donors (Lipinski definition) is 2. The summed E-state index contributed by atoms with van der Waals surface area (Å²) in [5, 5.41) is 2.98. The Hall–Kier alpha value is -2.34. The van der Waals surface area contributed by atoms with Crippen LogP contribution in [-0.4, -0.2) is 28.0 Å². The number of halogens is 1. The summed E-state index contributed by atoms with van der Waals surface area (Å²) >= 11 is 5.75. The second-order valence-corrected chi connectivity index (χ2v) is 6.21. The van der Waals surface area contributed by atoms with Gasteiger partial charge in [-0.25, -0.2) is 4.98 Å². The van der Waals surface area contributed by atoms with E-state index in [1.54, 1.807) is 6.20 Å². The van der Waals surface area contributed by atoms with Crippen LogP contribution >= 0.6 is 11.6 Å². The quantitative estimate of drug-likeness (QED) is 0.890. The highest BCUT2D eigenvalue weighted by Crippen LogP contribution is 2.23. The lowest BCUT2D eigenvalue weighted by Crippen LogP contribution is -2.39. The van der Waals surface area contributed by atoms with Crippen LogP contribution in [-0.2, 0) is 0 Å². The molecule has 1 fully saturated rings. The summed E-state index contributed by atoms with van der Waals surface area (Å²) in [6, 6.07) is 7.05. The van der Waals surface area contributed by atoms with Gasteiger partial charge in [-0.05, 0) is 37.8 Å². The van der Waals surface area contributed by atoms with Crippen LogP contribution < -0.4 is 15.6 Å². The Morgan fingerprint density at radius 1 is 1.29 bits per heavy atom. The lowest BCUT2D eigenvalue weighted by atomic mass is 9.92. The molecule has 24 heavy (non-hydrogen) atoms. The van der Waals surface area contributed by atoms with Crippen molar-refractivity contribution in [2.45, 2.75) is 37.8 Å². The van der Waals surface area contributed by atoms with Crippen LogP contribution in [0.2, 0.25) is 5.02 Å². The average Bonchev–Trinajstić information content (AvgIpc) is 2.60. The fourth-order valence-corrected chi connectivity index (χ4v) is 2.94. The monoisotopic (exact) mass is 347 g/mol. The Morgan fingerprint density at radius 2 is 2.08 bits per heavy atom. The van der Waals surface area contributed by atoms with Gasteiger partial charge in [0.05, 0.1) is 5.56 Å². The molecule has 0 spiro atoms. The minimum atomic E-state index is -0.402. The van der Waals surface area contributed by atoms with E-state index in [1.165, 1.54) is 12.3 Å². The number of rotatable bonds is 4. The van der Waals surface area contributed by atoms with Crippen LogP contribution in [0.4, 0.5) is 0 Å². The molecular weight excluding hydrogens is 330 g/mol. The Labute approximate surface area is 144 Å².